The quantitative estimate of drug-likeness (QED) is 0.806. The number of aryl methyl sites for hydroxylation is 1. The van der Waals surface area contributed by atoms with Gasteiger partial charge >= 0.3 is 0 Å². The summed E-state index contributed by atoms with van der Waals surface area (Å²) in [5, 5.41) is 6.99. The number of nitrogens with one attached hydrogen (secondary N) is 2. The van der Waals surface area contributed by atoms with Gasteiger partial charge in [-0.05, 0) is 24.1 Å². The number of rotatable bonds is 2. The van der Waals surface area contributed by atoms with E-state index in [0.717, 1.165) is 31.2 Å². The van der Waals surface area contributed by atoms with E-state index in [9.17, 15) is 0 Å². The highest BCUT2D eigenvalue weighted by Crippen LogP contribution is 2.26. The topological polar surface area (TPSA) is 36.4 Å². The highest BCUT2D eigenvalue weighted by molar-refractivity contribution is 6.33. The number of nitrogens with zero attached hydrogens (tertiary/aromatic N) is 1. The molecule has 0 spiro atoms. The number of hydrogen-bond acceptors (Lipinski definition) is 1. The van der Waals surface area contributed by atoms with Crippen LogP contribution in [0.2, 0.25) is 5.02 Å². The highest BCUT2D eigenvalue weighted by atomic mass is 35.5. The summed E-state index contributed by atoms with van der Waals surface area (Å²) in [4.78, 5) is 4.40. The Bertz CT molecular complexity index is 379. The Morgan fingerprint density at radius 3 is 2.67 bits per heavy atom. The molecule has 0 unspecified atom stereocenters. The lowest BCUT2D eigenvalue weighted by Crippen LogP contribution is -2.23. The summed E-state index contributed by atoms with van der Waals surface area (Å²) in [5.74, 6) is 0.807. The fourth-order valence-corrected chi connectivity index (χ4v) is 1.73. The van der Waals surface area contributed by atoms with Crippen LogP contribution in [-0.4, -0.2) is 19.0 Å². The monoisotopic (exact) mass is 223 g/mol. The third kappa shape index (κ3) is 2.42. The number of hydrogen-bond donors (Lipinski definition) is 2. The number of halogens is 1. The Balaban J connectivity index is 2.24. The van der Waals surface area contributed by atoms with Gasteiger partial charge in [-0.3, -0.25) is 0 Å². The molecule has 0 amide bonds. The molecule has 0 aliphatic carbocycles. The minimum absolute atomic E-state index is 0.706. The smallest absolute Gasteiger partial charge is 0.196 e. The fraction of sp³-hybridized carbons (Fsp3) is 0.364. The first-order chi connectivity index (χ1) is 7.29. The lowest BCUT2D eigenvalue weighted by atomic mass is 10.1. The van der Waals surface area contributed by atoms with Crippen LogP contribution in [-0.2, 0) is 6.42 Å². The van der Waals surface area contributed by atoms with Gasteiger partial charge in [-0.2, -0.15) is 0 Å². The molecule has 1 fully saturated rings. The van der Waals surface area contributed by atoms with Crippen LogP contribution in [0.3, 0.4) is 0 Å². The van der Waals surface area contributed by atoms with Crippen LogP contribution < -0.4 is 10.6 Å². The molecule has 0 bridgehead atoms. The molecular formula is C11H14ClN3. The van der Waals surface area contributed by atoms with Gasteiger partial charge in [-0.25, -0.2) is 4.99 Å². The summed E-state index contributed by atoms with van der Waals surface area (Å²) < 4.78 is 0. The van der Waals surface area contributed by atoms with E-state index in [1.807, 2.05) is 12.1 Å². The maximum Gasteiger partial charge on any atom is 0.196 e. The molecule has 0 aromatic heterocycles. The molecule has 2 N–H and O–H groups in total. The molecule has 15 heavy (non-hydrogen) atoms. The molecule has 0 saturated carbocycles. The zero-order valence-electron chi connectivity index (χ0n) is 8.68. The van der Waals surface area contributed by atoms with Gasteiger partial charge in [0.15, 0.2) is 5.96 Å². The van der Waals surface area contributed by atoms with Crippen LogP contribution in [0.1, 0.15) is 12.5 Å². The molecule has 3 nitrogen and oxygen atoms in total. The Kier molecular flexibility index (Phi) is 3.11. The predicted molar refractivity (Wildman–Crippen MR) is 63.9 cm³/mol. The Labute approximate surface area is 94.5 Å². The number of aliphatic imine (C=N–C) groups is 1. The highest BCUT2D eigenvalue weighted by Gasteiger charge is 2.06. The fourth-order valence-electron chi connectivity index (χ4n) is 1.48. The second-order valence-electron chi connectivity index (χ2n) is 3.45. The SMILES string of the molecule is CCc1ccc(N=C2NCCN2)c(Cl)c1. The second kappa shape index (κ2) is 4.53. The number of benzene rings is 1. The molecule has 1 aliphatic rings. The van der Waals surface area contributed by atoms with Gasteiger partial charge in [-0.1, -0.05) is 24.6 Å². The van der Waals surface area contributed by atoms with Gasteiger partial charge in [0.05, 0.1) is 10.7 Å². The van der Waals surface area contributed by atoms with Crippen molar-refractivity contribution in [3.63, 3.8) is 0 Å². The third-order valence-electron chi connectivity index (χ3n) is 2.36. The van der Waals surface area contributed by atoms with Gasteiger partial charge < -0.3 is 10.6 Å². The Morgan fingerprint density at radius 2 is 2.07 bits per heavy atom. The van der Waals surface area contributed by atoms with Crippen LogP contribution >= 0.6 is 11.6 Å². The lowest BCUT2D eigenvalue weighted by molar-refractivity contribution is 0.942. The summed E-state index contributed by atoms with van der Waals surface area (Å²) >= 11 is 6.12. The van der Waals surface area contributed by atoms with Crippen LogP contribution in [0, 0.1) is 0 Å². The van der Waals surface area contributed by atoms with Crippen molar-refractivity contribution in [2.45, 2.75) is 13.3 Å². The van der Waals surface area contributed by atoms with E-state index < -0.39 is 0 Å². The van der Waals surface area contributed by atoms with Crippen LogP contribution in [0.15, 0.2) is 23.2 Å². The minimum atomic E-state index is 0.706. The molecule has 2 rings (SSSR count). The second-order valence-corrected chi connectivity index (χ2v) is 3.86. The van der Waals surface area contributed by atoms with Gasteiger partial charge in [0.2, 0.25) is 0 Å². The van der Waals surface area contributed by atoms with Gasteiger partial charge in [-0.15, -0.1) is 0 Å². The summed E-state index contributed by atoms with van der Waals surface area (Å²) in [5.41, 5.74) is 2.04. The Morgan fingerprint density at radius 1 is 1.33 bits per heavy atom. The molecule has 0 radical (unpaired) electrons. The largest absolute Gasteiger partial charge is 0.354 e. The van der Waals surface area contributed by atoms with Crippen molar-refractivity contribution in [2.75, 3.05) is 13.1 Å². The normalized spacial score (nSPS) is 14.7. The molecule has 4 heteroatoms. The van der Waals surface area contributed by atoms with Crippen molar-refractivity contribution < 1.29 is 0 Å². The van der Waals surface area contributed by atoms with E-state index in [1.165, 1.54) is 5.56 Å². The average Bonchev–Trinajstić information content (AvgIpc) is 2.74. The first-order valence-corrected chi connectivity index (χ1v) is 5.52. The van der Waals surface area contributed by atoms with Crippen LogP contribution in [0.25, 0.3) is 0 Å². The van der Waals surface area contributed by atoms with Crippen molar-refractivity contribution in [1.29, 1.82) is 0 Å². The summed E-state index contributed by atoms with van der Waals surface area (Å²) in [6, 6.07) is 5.98. The van der Waals surface area contributed by atoms with Crippen molar-refractivity contribution in [2.24, 2.45) is 4.99 Å². The van der Waals surface area contributed by atoms with Crippen molar-refractivity contribution in [3.05, 3.63) is 28.8 Å². The number of guanidine groups is 1. The molecule has 0 atom stereocenters. The van der Waals surface area contributed by atoms with E-state index in [1.54, 1.807) is 0 Å². The van der Waals surface area contributed by atoms with Gasteiger partial charge in [0.25, 0.3) is 0 Å². The molecule has 1 aliphatic heterocycles. The first kappa shape index (κ1) is 10.3. The van der Waals surface area contributed by atoms with E-state index >= 15 is 0 Å². The van der Waals surface area contributed by atoms with Crippen molar-refractivity contribution >= 4 is 23.2 Å². The molecule has 80 valence electrons. The van der Waals surface area contributed by atoms with Crippen LogP contribution in [0.5, 0.6) is 0 Å². The predicted octanol–water partition coefficient (Wildman–Crippen LogP) is 2.08. The standard InChI is InChI=1S/C11H14ClN3/c1-2-8-3-4-10(9(12)7-8)15-11-13-5-6-14-11/h3-4,7H,2,5-6H2,1H3,(H2,13,14,15). The minimum Gasteiger partial charge on any atom is -0.354 e. The van der Waals surface area contributed by atoms with Gasteiger partial charge in [0, 0.05) is 13.1 Å². The van der Waals surface area contributed by atoms with E-state index in [-0.39, 0.29) is 0 Å². The van der Waals surface area contributed by atoms with Crippen molar-refractivity contribution in [1.82, 2.24) is 10.6 Å². The van der Waals surface area contributed by atoms with E-state index in [0.29, 0.717) is 5.02 Å². The van der Waals surface area contributed by atoms with Crippen LogP contribution in [0.4, 0.5) is 5.69 Å². The maximum atomic E-state index is 6.12. The lowest BCUT2D eigenvalue weighted by Gasteiger charge is -2.03. The molecule has 1 aromatic rings. The zero-order valence-corrected chi connectivity index (χ0v) is 9.43. The zero-order chi connectivity index (χ0) is 10.7. The molecule has 1 aromatic carbocycles. The average molecular weight is 224 g/mol. The van der Waals surface area contributed by atoms with Gasteiger partial charge in [0.1, 0.15) is 0 Å². The molecular weight excluding hydrogens is 210 g/mol. The van der Waals surface area contributed by atoms with Crippen molar-refractivity contribution in [3.8, 4) is 0 Å². The molecule has 1 saturated heterocycles. The summed E-state index contributed by atoms with van der Waals surface area (Å²) in [6.45, 7) is 3.95. The maximum absolute atomic E-state index is 6.12. The third-order valence-corrected chi connectivity index (χ3v) is 2.67. The van der Waals surface area contributed by atoms with E-state index in [4.69, 9.17) is 11.6 Å². The van der Waals surface area contributed by atoms with E-state index in [2.05, 4.69) is 28.6 Å². The molecule has 1 heterocycles. The first-order valence-electron chi connectivity index (χ1n) is 5.14. The summed E-state index contributed by atoms with van der Waals surface area (Å²) in [7, 11) is 0. The summed E-state index contributed by atoms with van der Waals surface area (Å²) in [6.07, 6.45) is 0.993. The Hall–Kier alpha value is -1.22.